The highest BCUT2D eigenvalue weighted by molar-refractivity contribution is 7.94. The maximum Gasteiger partial charge on any atom is 0.214 e. The molecule has 0 aliphatic heterocycles. The highest BCUT2D eigenvalue weighted by Crippen LogP contribution is 2.10. The number of pyridine rings is 1. The Hall–Kier alpha value is -1.23. The number of sulfone groups is 1. The van der Waals surface area contributed by atoms with Gasteiger partial charge in [-0.1, -0.05) is 6.58 Å². The molecule has 64 valence electrons. The first kappa shape index (κ1) is 8.86. The molecule has 0 radical (unpaired) electrons. The summed E-state index contributed by atoms with van der Waals surface area (Å²) in [6.07, 6.45) is 1.09. The van der Waals surface area contributed by atoms with Gasteiger partial charge in [-0.3, -0.25) is 0 Å². The minimum absolute atomic E-state index is 0.134. The van der Waals surface area contributed by atoms with Gasteiger partial charge in [0.05, 0.1) is 4.90 Å². The summed E-state index contributed by atoms with van der Waals surface area (Å²) in [5.74, 6) is -0.821. The third kappa shape index (κ3) is 1.68. The van der Waals surface area contributed by atoms with Crippen LogP contribution in [0.2, 0.25) is 0 Å². The highest BCUT2D eigenvalue weighted by atomic mass is 32.2. The Labute approximate surface area is 69.5 Å². The van der Waals surface area contributed by atoms with Crippen molar-refractivity contribution in [2.45, 2.75) is 4.90 Å². The molecule has 0 aliphatic carbocycles. The number of nitrogens with zero attached hydrogens (tertiary/aromatic N) is 1. The molecule has 0 saturated carbocycles. The van der Waals surface area contributed by atoms with E-state index in [2.05, 4.69) is 11.6 Å². The molecule has 0 aromatic carbocycles. The third-order valence-corrected chi connectivity index (χ3v) is 2.60. The Bertz CT molecular complexity index is 400. The van der Waals surface area contributed by atoms with Crippen molar-refractivity contribution in [3.05, 3.63) is 36.3 Å². The standard InChI is InChI=1S/C7H6FNO2S/c1-2-12(10,11)6-3-4-9-7(8)5-6/h2-5H,1H2/i8-1. The summed E-state index contributed by atoms with van der Waals surface area (Å²) in [7, 11) is -3.54. The fourth-order valence-electron chi connectivity index (χ4n) is 0.658. The molecule has 0 saturated heterocycles. The second-order valence-corrected chi connectivity index (χ2v) is 3.92. The smallest absolute Gasteiger partial charge is 0.214 e. The van der Waals surface area contributed by atoms with Crippen molar-refractivity contribution in [1.29, 1.82) is 0 Å². The van der Waals surface area contributed by atoms with Gasteiger partial charge in [-0.25, -0.2) is 13.4 Å². The number of hydrogen-bond acceptors (Lipinski definition) is 3. The number of rotatable bonds is 2. The van der Waals surface area contributed by atoms with Crippen LogP contribution in [0.3, 0.4) is 0 Å². The van der Waals surface area contributed by atoms with E-state index in [-0.39, 0.29) is 4.90 Å². The van der Waals surface area contributed by atoms with Crippen molar-refractivity contribution in [3.8, 4) is 0 Å². The fraction of sp³-hybridized carbons (Fsp3) is 0. The first-order valence-corrected chi connectivity index (χ1v) is 4.60. The molecule has 12 heavy (non-hydrogen) atoms. The van der Waals surface area contributed by atoms with Crippen LogP contribution in [0, 0.1) is 5.95 Å². The number of aromatic nitrogens is 1. The molecule has 5 heteroatoms. The largest absolute Gasteiger partial charge is 0.228 e. The summed E-state index contributed by atoms with van der Waals surface area (Å²) < 4.78 is 34.5. The van der Waals surface area contributed by atoms with Gasteiger partial charge in [0, 0.05) is 17.7 Å². The predicted molar refractivity (Wildman–Crippen MR) is 41.6 cm³/mol. The van der Waals surface area contributed by atoms with Crippen LogP contribution in [0.25, 0.3) is 0 Å². The Kier molecular flexibility index (Phi) is 2.23. The van der Waals surface area contributed by atoms with Gasteiger partial charge < -0.3 is 0 Å². The Morgan fingerprint density at radius 2 is 2.25 bits per heavy atom. The quantitative estimate of drug-likeness (QED) is 0.650. The fourth-order valence-corrected chi connectivity index (χ4v) is 1.36. The molecule has 1 rings (SSSR count). The van der Waals surface area contributed by atoms with E-state index in [0.717, 1.165) is 17.7 Å². The van der Waals surface area contributed by atoms with E-state index in [1.807, 2.05) is 0 Å². The van der Waals surface area contributed by atoms with E-state index in [0.29, 0.717) is 0 Å². The summed E-state index contributed by atoms with van der Waals surface area (Å²) >= 11 is 0. The lowest BCUT2D eigenvalue weighted by molar-refractivity contribution is 0.573. The lowest BCUT2D eigenvalue weighted by atomic mass is 10.5. The van der Waals surface area contributed by atoms with Gasteiger partial charge in [0.15, 0.2) is 9.84 Å². The van der Waals surface area contributed by atoms with E-state index in [1.54, 1.807) is 0 Å². The molecule has 1 aromatic rings. The lowest BCUT2D eigenvalue weighted by Gasteiger charge is -1.96. The molecule has 0 N–H and O–H groups in total. The third-order valence-electron chi connectivity index (χ3n) is 1.25. The average molecular weight is 186 g/mol. The van der Waals surface area contributed by atoms with E-state index in [4.69, 9.17) is 0 Å². The molecule has 0 amide bonds. The Morgan fingerprint density at radius 3 is 2.75 bits per heavy atom. The SMILES string of the molecule is C=CS(=O)(=O)c1ccnc([18F])c1. The van der Waals surface area contributed by atoms with Crippen molar-refractivity contribution < 1.29 is 12.8 Å². The highest BCUT2D eigenvalue weighted by Gasteiger charge is 2.09. The number of hydrogen-bond donors (Lipinski definition) is 0. The second-order valence-electron chi connectivity index (χ2n) is 2.03. The van der Waals surface area contributed by atoms with Gasteiger partial charge in [-0.05, 0) is 6.07 Å². The molecule has 0 aliphatic rings. The summed E-state index contributed by atoms with van der Waals surface area (Å²) in [6, 6.07) is 2.05. The van der Waals surface area contributed by atoms with E-state index in [1.165, 1.54) is 6.07 Å². The molecule has 3 nitrogen and oxygen atoms in total. The normalized spacial score (nSPS) is 11.1. The van der Waals surface area contributed by atoms with Crippen molar-refractivity contribution in [3.63, 3.8) is 0 Å². The predicted octanol–water partition coefficient (Wildman–Crippen LogP) is 1.14. The summed E-state index contributed by atoms with van der Waals surface area (Å²) in [4.78, 5) is 3.09. The molecule has 1 heterocycles. The molecule has 1 aromatic heterocycles. The van der Waals surface area contributed by atoms with Crippen LogP contribution in [-0.4, -0.2) is 13.4 Å². The van der Waals surface area contributed by atoms with Gasteiger partial charge >= 0.3 is 0 Å². The van der Waals surface area contributed by atoms with E-state index >= 15 is 0 Å². The van der Waals surface area contributed by atoms with Crippen LogP contribution in [0.4, 0.5) is 4.39 Å². The topological polar surface area (TPSA) is 47.0 Å². The Morgan fingerprint density at radius 1 is 1.58 bits per heavy atom. The Balaban J connectivity index is 3.30. The second kappa shape index (κ2) is 3.02. The van der Waals surface area contributed by atoms with E-state index < -0.39 is 15.8 Å². The number of halogens is 1. The first-order valence-electron chi connectivity index (χ1n) is 3.05. The molecule has 0 fully saturated rings. The van der Waals surface area contributed by atoms with Gasteiger partial charge in [-0.15, -0.1) is 0 Å². The molecular formula is C7H6FNO2S. The maximum absolute atomic E-state index is 12.4. The van der Waals surface area contributed by atoms with Crippen LogP contribution in [0.15, 0.2) is 35.2 Å². The summed E-state index contributed by atoms with van der Waals surface area (Å²) in [5, 5.41) is 0.766. The van der Waals surface area contributed by atoms with Crippen LogP contribution in [0.1, 0.15) is 0 Å². The van der Waals surface area contributed by atoms with Crippen LogP contribution >= 0.6 is 0 Å². The molecule has 0 atom stereocenters. The van der Waals surface area contributed by atoms with Crippen molar-refractivity contribution in [2.75, 3.05) is 0 Å². The zero-order valence-corrected chi connectivity index (χ0v) is 6.88. The molecule has 0 unspecified atom stereocenters. The van der Waals surface area contributed by atoms with Crippen LogP contribution in [0.5, 0.6) is 0 Å². The van der Waals surface area contributed by atoms with Crippen molar-refractivity contribution in [1.82, 2.24) is 4.98 Å². The van der Waals surface area contributed by atoms with Crippen LogP contribution in [-0.2, 0) is 9.84 Å². The first-order chi connectivity index (χ1) is 5.56. The summed E-state index contributed by atoms with van der Waals surface area (Å²) in [6.45, 7) is 3.11. The zero-order chi connectivity index (χ0) is 9.19. The van der Waals surface area contributed by atoms with Crippen LogP contribution < -0.4 is 0 Å². The van der Waals surface area contributed by atoms with Gasteiger partial charge in [0.2, 0.25) is 5.95 Å². The minimum Gasteiger partial charge on any atom is -0.228 e. The molecule has 0 spiro atoms. The van der Waals surface area contributed by atoms with E-state index in [9.17, 15) is 12.8 Å². The van der Waals surface area contributed by atoms with Gasteiger partial charge in [0.1, 0.15) is 0 Å². The molecule has 0 bridgehead atoms. The molecular weight excluding hydrogens is 180 g/mol. The minimum atomic E-state index is -3.54. The summed E-state index contributed by atoms with van der Waals surface area (Å²) in [5.41, 5.74) is 0. The maximum atomic E-state index is 12.4. The van der Waals surface area contributed by atoms with Crippen molar-refractivity contribution >= 4 is 9.84 Å². The average Bonchev–Trinajstić information content (AvgIpc) is 2.05. The lowest BCUT2D eigenvalue weighted by Crippen LogP contribution is -1.96. The monoisotopic (exact) mass is 186 g/mol. The van der Waals surface area contributed by atoms with Gasteiger partial charge in [-0.2, -0.15) is 4.39 Å². The van der Waals surface area contributed by atoms with Crippen molar-refractivity contribution in [2.24, 2.45) is 0 Å². The van der Waals surface area contributed by atoms with Gasteiger partial charge in [0.25, 0.3) is 0 Å². The zero-order valence-electron chi connectivity index (χ0n) is 6.07.